The van der Waals surface area contributed by atoms with Gasteiger partial charge in [0.25, 0.3) is 5.69 Å². The minimum absolute atomic E-state index is 0.0323. The molecule has 0 saturated carbocycles. The summed E-state index contributed by atoms with van der Waals surface area (Å²) in [6.45, 7) is 4.70. The first-order chi connectivity index (χ1) is 8.20. The quantitative estimate of drug-likeness (QED) is 0.618. The van der Waals surface area contributed by atoms with Gasteiger partial charge in [-0.05, 0) is 26.8 Å². The molecule has 1 atom stereocenters. The standard InChI is InChI=1S/C12H17NO5/c1-8(14)10-6-9(13(16)17)4-5-11(10)18-7-12(2,3)15/h4-6,8,14-15H,7H2,1-3H3/t8-/m0/s1. The molecule has 18 heavy (non-hydrogen) atoms. The predicted molar refractivity (Wildman–Crippen MR) is 65.5 cm³/mol. The number of non-ortho nitro benzene ring substituents is 1. The summed E-state index contributed by atoms with van der Waals surface area (Å²) in [6, 6.07) is 3.99. The SMILES string of the molecule is C[C@H](O)c1cc([N+](=O)[O-])ccc1OCC(C)(C)O. The van der Waals surface area contributed by atoms with Crippen LogP contribution in [0.4, 0.5) is 5.69 Å². The number of ether oxygens (including phenoxy) is 1. The fourth-order valence-corrected chi connectivity index (χ4v) is 1.36. The van der Waals surface area contributed by atoms with Gasteiger partial charge < -0.3 is 14.9 Å². The van der Waals surface area contributed by atoms with Gasteiger partial charge in [0, 0.05) is 17.7 Å². The largest absolute Gasteiger partial charge is 0.490 e. The highest BCUT2D eigenvalue weighted by Crippen LogP contribution is 2.29. The molecular formula is C12H17NO5. The molecule has 6 nitrogen and oxygen atoms in total. The van der Waals surface area contributed by atoms with Crippen molar-refractivity contribution < 1.29 is 19.9 Å². The molecule has 1 aromatic rings. The second kappa shape index (κ2) is 5.32. The minimum Gasteiger partial charge on any atom is -0.490 e. The average Bonchev–Trinajstić information content (AvgIpc) is 2.24. The van der Waals surface area contributed by atoms with E-state index in [-0.39, 0.29) is 12.3 Å². The minimum atomic E-state index is -1.02. The first-order valence-corrected chi connectivity index (χ1v) is 5.52. The first-order valence-electron chi connectivity index (χ1n) is 5.52. The Balaban J connectivity index is 3.01. The third-order valence-corrected chi connectivity index (χ3v) is 2.24. The monoisotopic (exact) mass is 255 g/mol. The molecule has 0 aliphatic heterocycles. The van der Waals surface area contributed by atoms with Crippen LogP contribution in [0.3, 0.4) is 0 Å². The van der Waals surface area contributed by atoms with Gasteiger partial charge in [0.2, 0.25) is 0 Å². The molecule has 0 amide bonds. The van der Waals surface area contributed by atoms with Crippen molar-refractivity contribution in [1.29, 1.82) is 0 Å². The van der Waals surface area contributed by atoms with Crippen LogP contribution >= 0.6 is 0 Å². The van der Waals surface area contributed by atoms with Crippen molar-refractivity contribution in [2.24, 2.45) is 0 Å². The van der Waals surface area contributed by atoms with Crippen LogP contribution in [0.2, 0.25) is 0 Å². The number of aliphatic hydroxyl groups excluding tert-OH is 1. The van der Waals surface area contributed by atoms with Crippen molar-refractivity contribution >= 4 is 5.69 Å². The van der Waals surface area contributed by atoms with E-state index in [1.165, 1.54) is 25.1 Å². The molecule has 0 saturated heterocycles. The highest BCUT2D eigenvalue weighted by molar-refractivity contribution is 5.44. The highest BCUT2D eigenvalue weighted by atomic mass is 16.6. The summed E-state index contributed by atoms with van der Waals surface area (Å²) in [5, 5.41) is 29.8. The predicted octanol–water partition coefficient (Wildman–Crippen LogP) is 1.80. The van der Waals surface area contributed by atoms with E-state index in [9.17, 15) is 20.3 Å². The number of rotatable bonds is 5. The van der Waals surface area contributed by atoms with Crippen LogP contribution in [-0.2, 0) is 0 Å². The lowest BCUT2D eigenvalue weighted by molar-refractivity contribution is -0.385. The molecular weight excluding hydrogens is 238 g/mol. The molecule has 1 rings (SSSR count). The molecule has 100 valence electrons. The lowest BCUT2D eigenvalue weighted by atomic mass is 10.1. The summed E-state index contributed by atoms with van der Waals surface area (Å²) >= 11 is 0. The van der Waals surface area contributed by atoms with Gasteiger partial charge in [-0.15, -0.1) is 0 Å². The van der Waals surface area contributed by atoms with E-state index in [1.54, 1.807) is 13.8 Å². The number of hydrogen-bond acceptors (Lipinski definition) is 5. The second-order valence-electron chi connectivity index (χ2n) is 4.76. The Morgan fingerprint density at radius 1 is 1.50 bits per heavy atom. The van der Waals surface area contributed by atoms with Crippen LogP contribution in [0.5, 0.6) is 5.75 Å². The molecule has 6 heteroatoms. The number of aliphatic hydroxyl groups is 2. The third kappa shape index (κ3) is 3.97. The van der Waals surface area contributed by atoms with Gasteiger partial charge in [0.05, 0.1) is 16.6 Å². The molecule has 1 aromatic carbocycles. The van der Waals surface area contributed by atoms with E-state index < -0.39 is 16.6 Å². The summed E-state index contributed by atoms with van der Waals surface area (Å²) in [4.78, 5) is 10.1. The van der Waals surface area contributed by atoms with Crippen LogP contribution in [-0.4, -0.2) is 27.3 Å². The third-order valence-electron chi connectivity index (χ3n) is 2.24. The summed E-state index contributed by atoms with van der Waals surface area (Å²) in [6.07, 6.45) is -0.887. The van der Waals surface area contributed by atoms with Crippen molar-refractivity contribution in [1.82, 2.24) is 0 Å². The smallest absolute Gasteiger partial charge is 0.270 e. The van der Waals surface area contributed by atoms with Crippen LogP contribution < -0.4 is 4.74 Å². The Kier molecular flexibility index (Phi) is 4.26. The Hall–Kier alpha value is -1.66. The summed E-state index contributed by atoms with van der Waals surface area (Å²) in [7, 11) is 0. The van der Waals surface area contributed by atoms with Crippen LogP contribution in [0, 0.1) is 10.1 Å². The van der Waals surface area contributed by atoms with Crippen LogP contribution in [0.15, 0.2) is 18.2 Å². The molecule has 0 spiro atoms. The van der Waals surface area contributed by atoms with E-state index in [0.29, 0.717) is 11.3 Å². The summed E-state index contributed by atoms with van der Waals surface area (Å²) in [5.74, 6) is 0.331. The van der Waals surface area contributed by atoms with Crippen molar-refractivity contribution in [2.45, 2.75) is 32.5 Å². The van der Waals surface area contributed by atoms with Gasteiger partial charge >= 0.3 is 0 Å². The van der Waals surface area contributed by atoms with Crippen LogP contribution in [0.1, 0.15) is 32.4 Å². The van der Waals surface area contributed by atoms with E-state index in [0.717, 1.165) is 0 Å². The Morgan fingerprint density at radius 2 is 2.11 bits per heavy atom. The van der Waals surface area contributed by atoms with Gasteiger partial charge in [-0.1, -0.05) is 0 Å². The van der Waals surface area contributed by atoms with E-state index >= 15 is 0 Å². The van der Waals surface area contributed by atoms with Crippen molar-refractivity contribution in [3.8, 4) is 5.75 Å². The molecule has 0 aliphatic rings. The zero-order valence-corrected chi connectivity index (χ0v) is 10.6. The van der Waals surface area contributed by atoms with E-state index in [4.69, 9.17) is 4.74 Å². The van der Waals surface area contributed by atoms with Gasteiger partial charge in [0.1, 0.15) is 12.4 Å². The number of nitro groups is 1. The normalized spacial score (nSPS) is 13.2. The van der Waals surface area contributed by atoms with Gasteiger partial charge in [-0.2, -0.15) is 0 Å². The number of hydrogen-bond donors (Lipinski definition) is 2. The zero-order valence-electron chi connectivity index (χ0n) is 10.6. The van der Waals surface area contributed by atoms with Gasteiger partial charge in [-0.3, -0.25) is 10.1 Å². The van der Waals surface area contributed by atoms with Gasteiger partial charge in [0.15, 0.2) is 0 Å². The van der Waals surface area contributed by atoms with Crippen LogP contribution in [0.25, 0.3) is 0 Å². The molecule has 0 bridgehead atoms. The maximum atomic E-state index is 10.6. The Labute approximate surface area is 105 Å². The summed E-state index contributed by atoms with van der Waals surface area (Å²) < 4.78 is 5.37. The number of nitrogens with zero attached hydrogens (tertiary/aromatic N) is 1. The fourth-order valence-electron chi connectivity index (χ4n) is 1.36. The molecule has 2 N–H and O–H groups in total. The lowest BCUT2D eigenvalue weighted by Gasteiger charge is -2.20. The second-order valence-corrected chi connectivity index (χ2v) is 4.76. The molecule has 0 aliphatic carbocycles. The van der Waals surface area contributed by atoms with Crippen molar-refractivity contribution in [3.05, 3.63) is 33.9 Å². The van der Waals surface area contributed by atoms with Crippen molar-refractivity contribution in [3.63, 3.8) is 0 Å². The number of benzene rings is 1. The first kappa shape index (κ1) is 14.4. The Bertz CT molecular complexity index is 437. The topological polar surface area (TPSA) is 92.8 Å². The highest BCUT2D eigenvalue weighted by Gasteiger charge is 2.18. The fraction of sp³-hybridized carbons (Fsp3) is 0.500. The zero-order chi connectivity index (χ0) is 13.9. The average molecular weight is 255 g/mol. The maximum absolute atomic E-state index is 10.6. The number of nitro benzene ring substituents is 1. The molecule has 0 aromatic heterocycles. The lowest BCUT2D eigenvalue weighted by Crippen LogP contribution is -2.28. The summed E-state index contributed by atoms with van der Waals surface area (Å²) in [5.41, 5.74) is -0.799. The van der Waals surface area contributed by atoms with E-state index in [2.05, 4.69) is 0 Å². The molecule has 0 unspecified atom stereocenters. The Morgan fingerprint density at radius 3 is 2.56 bits per heavy atom. The van der Waals surface area contributed by atoms with E-state index in [1.807, 2.05) is 0 Å². The molecule has 0 radical (unpaired) electrons. The van der Waals surface area contributed by atoms with Gasteiger partial charge in [-0.25, -0.2) is 0 Å². The maximum Gasteiger partial charge on any atom is 0.270 e. The van der Waals surface area contributed by atoms with Crippen molar-refractivity contribution in [2.75, 3.05) is 6.61 Å². The molecule has 0 fully saturated rings. The molecule has 0 heterocycles.